The van der Waals surface area contributed by atoms with E-state index in [-0.39, 0.29) is 5.82 Å². The van der Waals surface area contributed by atoms with E-state index in [1.165, 1.54) is 12.1 Å². The lowest BCUT2D eigenvalue weighted by Crippen LogP contribution is -2.02. The molecule has 0 bridgehead atoms. The van der Waals surface area contributed by atoms with E-state index in [0.29, 0.717) is 6.54 Å². The van der Waals surface area contributed by atoms with Gasteiger partial charge in [0.25, 0.3) is 0 Å². The van der Waals surface area contributed by atoms with E-state index in [4.69, 9.17) is 4.74 Å². The fraction of sp³-hybridized carbons (Fsp3) is 0.143. The van der Waals surface area contributed by atoms with Gasteiger partial charge >= 0.3 is 0 Å². The second kappa shape index (κ2) is 5.87. The van der Waals surface area contributed by atoms with Gasteiger partial charge in [0, 0.05) is 16.6 Å². The van der Waals surface area contributed by atoms with Gasteiger partial charge in [-0.05, 0) is 40.2 Å². The molecule has 2 nitrogen and oxygen atoms in total. The van der Waals surface area contributed by atoms with Gasteiger partial charge in [-0.25, -0.2) is 4.39 Å². The third kappa shape index (κ3) is 3.01. The number of para-hydroxylation sites is 1. The summed E-state index contributed by atoms with van der Waals surface area (Å²) in [5.74, 6) is 0.554. The number of nitrogens with one attached hydrogen (secondary N) is 1. The first kappa shape index (κ1) is 12.9. The van der Waals surface area contributed by atoms with Crippen molar-refractivity contribution in [2.24, 2.45) is 0 Å². The Morgan fingerprint density at radius 3 is 2.78 bits per heavy atom. The molecule has 0 atom stereocenters. The van der Waals surface area contributed by atoms with Crippen molar-refractivity contribution in [2.75, 3.05) is 12.4 Å². The quantitative estimate of drug-likeness (QED) is 0.913. The number of hydrogen-bond acceptors (Lipinski definition) is 2. The molecule has 2 rings (SSSR count). The molecule has 0 aliphatic heterocycles. The minimum Gasteiger partial charge on any atom is -0.496 e. The first-order valence-electron chi connectivity index (χ1n) is 5.51. The largest absolute Gasteiger partial charge is 0.496 e. The Bertz CT molecular complexity index is 545. The average molecular weight is 310 g/mol. The lowest BCUT2D eigenvalue weighted by atomic mass is 10.2. The Labute approximate surface area is 114 Å². The van der Waals surface area contributed by atoms with Crippen LogP contribution in [0.15, 0.2) is 46.9 Å². The summed E-state index contributed by atoms with van der Waals surface area (Å²) in [4.78, 5) is 0. The molecule has 0 unspecified atom stereocenters. The number of anilines is 1. The third-order valence-electron chi connectivity index (χ3n) is 2.59. The Kier molecular flexibility index (Phi) is 4.20. The van der Waals surface area contributed by atoms with Gasteiger partial charge in [-0.2, -0.15) is 0 Å². The van der Waals surface area contributed by atoms with Crippen LogP contribution in [0.1, 0.15) is 5.56 Å². The summed E-state index contributed by atoms with van der Waals surface area (Å²) in [5.41, 5.74) is 1.75. The van der Waals surface area contributed by atoms with Gasteiger partial charge in [0.1, 0.15) is 11.6 Å². The van der Waals surface area contributed by atoms with Crippen LogP contribution in [-0.4, -0.2) is 7.11 Å². The molecule has 0 heterocycles. The highest BCUT2D eigenvalue weighted by Crippen LogP contribution is 2.25. The minimum absolute atomic E-state index is 0.263. The van der Waals surface area contributed by atoms with Crippen LogP contribution < -0.4 is 10.1 Å². The van der Waals surface area contributed by atoms with Crippen LogP contribution in [-0.2, 0) is 6.54 Å². The van der Waals surface area contributed by atoms with E-state index < -0.39 is 0 Å². The average Bonchev–Trinajstić information content (AvgIpc) is 2.40. The van der Waals surface area contributed by atoms with E-state index in [0.717, 1.165) is 21.5 Å². The highest BCUT2D eigenvalue weighted by molar-refractivity contribution is 9.10. The van der Waals surface area contributed by atoms with Gasteiger partial charge in [0.15, 0.2) is 0 Å². The molecule has 94 valence electrons. The van der Waals surface area contributed by atoms with Crippen LogP contribution in [0.2, 0.25) is 0 Å². The zero-order valence-corrected chi connectivity index (χ0v) is 11.5. The molecule has 0 aromatic heterocycles. The summed E-state index contributed by atoms with van der Waals surface area (Å²) in [6.07, 6.45) is 0. The standard InChI is InChI=1S/C14H13BrFNO/c1-18-14-5-3-2-4-10(14)9-17-13-8-11(16)6-7-12(13)15/h2-8,17H,9H2,1H3. The summed E-state index contributed by atoms with van der Waals surface area (Å²) >= 11 is 3.38. The van der Waals surface area contributed by atoms with Gasteiger partial charge < -0.3 is 10.1 Å². The Hall–Kier alpha value is -1.55. The molecular weight excluding hydrogens is 297 g/mol. The fourth-order valence-corrected chi connectivity index (χ4v) is 2.06. The van der Waals surface area contributed by atoms with Crippen molar-refractivity contribution in [1.29, 1.82) is 0 Å². The van der Waals surface area contributed by atoms with Crippen LogP contribution in [0.5, 0.6) is 5.75 Å². The van der Waals surface area contributed by atoms with Crippen LogP contribution in [0.3, 0.4) is 0 Å². The zero-order chi connectivity index (χ0) is 13.0. The molecule has 1 N–H and O–H groups in total. The van der Waals surface area contributed by atoms with E-state index in [9.17, 15) is 4.39 Å². The van der Waals surface area contributed by atoms with Crippen molar-refractivity contribution < 1.29 is 9.13 Å². The van der Waals surface area contributed by atoms with E-state index in [2.05, 4.69) is 21.2 Å². The molecule has 0 fully saturated rings. The van der Waals surface area contributed by atoms with E-state index in [1.54, 1.807) is 13.2 Å². The molecule has 0 saturated heterocycles. The maximum Gasteiger partial charge on any atom is 0.125 e. The number of benzene rings is 2. The second-order valence-corrected chi connectivity index (χ2v) is 4.64. The van der Waals surface area contributed by atoms with Crippen LogP contribution in [0.25, 0.3) is 0 Å². The normalized spacial score (nSPS) is 10.2. The van der Waals surface area contributed by atoms with Crippen molar-refractivity contribution in [3.8, 4) is 5.75 Å². The summed E-state index contributed by atoms with van der Waals surface area (Å²) in [6.45, 7) is 0.575. The highest BCUT2D eigenvalue weighted by Gasteiger charge is 2.04. The number of ether oxygens (including phenoxy) is 1. The number of rotatable bonds is 4. The lowest BCUT2D eigenvalue weighted by molar-refractivity contribution is 0.410. The van der Waals surface area contributed by atoms with Crippen molar-refractivity contribution in [3.05, 3.63) is 58.3 Å². The van der Waals surface area contributed by atoms with Gasteiger partial charge in [-0.3, -0.25) is 0 Å². The molecular formula is C14H13BrFNO. The second-order valence-electron chi connectivity index (χ2n) is 3.79. The topological polar surface area (TPSA) is 21.3 Å². The predicted molar refractivity (Wildman–Crippen MR) is 74.4 cm³/mol. The molecule has 0 radical (unpaired) electrons. The van der Waals surface area contributed by atoms with E-state index >= 15 is 0 Å². The van der Waals surface area contributed by atoms with Crippen LogP contribution >= 0.6 is 15.9 Å². The Balaban J connectivity index is 2.14. The zero-order valence-electron chi connectivity index (χ0n) is 9.91. The van der Waals surface area contributed by atoms with Gasteiger partial charge in [-0.1, -0.05) is 18.2 Å². The van der Waals surface area contributed by atoms with Crippen LogP contribution in [0, 0.1) is 5.82 Å². The van der Waals surface area contributed by atoms with Crippen LogP contribution in [0.4, 0.5) is 10.1 Å². The maximum absolute atomic E-state index is 13.1. The summed E-state index contributed by atoms with van der Waals surface area (Å²) in [7, 11) is 1.64. The molecule has 0 amide bonds. The number of halogens is 2. The SMILES string of the molecule is COc1ccccc1CNc1cc(F)ccc1Br. The van der Waals surface area contributed by atoms with Gasteiger partial charge in [0.05, 0.1) is 12.8 Å². The Morgan fingerprint density at radius 1 is 1.22 bits per heavy atom. The first-order valence-corrected chi connectivity index (χ1v) is 6.31. The van der Waals surface area contributed by atoms with Gasteiger partial charge in [-0.15, -0.1) is 0 Å². The lowest BCUT2D eigenvalue weighted by Gasteiger charge is -2.11. The van der Waals surface area contributed by atoms with Crippen molar-refractivity contribution in [2.45, 2.75) is 6.54 Å². The summed E-state index contributed by atoms with van der Waals surface area (Å²) in [5, 5.41) is 3.18. The molecule has 0 saturated carbocycles. The smallest absolute Gasteiger partial charge is 0.125 e. The van der Waals surface area contributed by atoms with E-state index in [1.807, 2.05) is 24.3 Å². The van der Waals surface area contributed by atoms with Crippen molar-refractivity contribution >= 4 is 21.6 Å². The molecule has 4 heteroatoms. The summed E-state index contributed by atoms with van der Waals surface area (Å²) in [6, 6.07) is 12.3. The Morgan fingerprint density at radius 2 is 2.00 bits per heavy atom. The van der Waals surface area contributed by atoms with Gasteiger partial charge in [0.2, 0.25) is 0 Å². The molecule has 0 aliphatic rings. The number of methoxy groups -OCH3 is 1. The minimum atomic E-state index is -0.263. The third-order valence-corrected chi connectivity index (χ3v) is 3.28. The van der Waals surface area contributed by atoms with Crippen molar-refractivity contribution in [1.82, 2.24) is 0 Å². The molecule has 2 aromatic rings. The summed E-state index contributed by atoms with van der Waals surface area (Å²) < 4.78 is 19.2. The fourth-order valence-electron chi connectivity index (χ4n) is 1.67. The van der Waals surface area contributed by atoms with Crippen molar-refractivity contribution in [3.63, 3.8) is 0 Å². The molecule has 18 heavy (non-hydrogen) atoms. The molecule has 0 aliphatic carbocycles. The predicted octanol–water partition coefficient (Wildman–Crippen LogP) is 4.21. The monoisotopic (exact) mass is 309 g/mol. The molecule has 2 aromatic carbocycles. The first-order chi connectivity index (χ1) is 8.70. The molecule has 0 spiro atoms. The number of hydrogen-bond donors (Lipinski definition) is 1. The maximum atomic E-state index is 13.1. The highest BCUT2D eigenvalue weighted by atomic mass is 79.9.